The van der Waals surface area contributed by atoms with Crippen LogP contribution in [0.5, 0.6) is 11.5 Å². The fourth-order valence-corrected chi connectivity index (χ4v) is 4.87. The quantitative estimate of drug-likeness (QED) is 0.365. The molecule has 2 atom stereocenters. The standard InChI is InChI=1S/C25H17ClO2/c26-22-14-20-21-15-25(16-8-2-1-3-9-16,27-23-13-7-6-11-18(21)23)28-24(20)19-12-5-4-10-17(19)22/h1-14,21H,15H2/t21-,25-/m1/s1. The summed E-state index contributed by atoms with van der Waals surface area (Å²) in [5.74, 6) is 1.06. The summed E-state index contributed by atoms with van der Waals surface area (Å²) in [5.41, 5.74) is 3.34. The minimum absolute atomic E-state index is 0.163. The van der Waals surface area contributed by atoms with Crippen molar-refractivity contribution in [2.75, 3.05) is 0 Å². The first kappa shape index (κ1) is 16.0. The van der Waals surface area contributed by atoms with Crippen LogP contribution < -0.4 is 9.47 Å². The highest BCUT2D eigenvalue weighted by atomic mass is 35.5. The van der Waals surface area contributed by atoms with Crippen LogP contribution in [0.3, 0.4) is 0 Å². The summed E-state index contributed by atoms with van der Waals surface area (Å²) in [4.78, 5) is 0. The van der Waals surface area contributed by atoms with E-state index in [0.717, 1.165) is 44.8 Å². The van der Waals surface area contributed by atoms with Crippen LogP contribution in [0, 0.1) is 0 Å². The third-order valence-corrected chi connectivity index (χ3v) is 6.18. The van der Waals surface area contributed by atoms with Gasteiger partial charge in [0.15, 0.2) is 0 Å². The molecule has 0 amide bonds. The molecular weight excluding hydrogens is 368 g/mol. The first-order valence-electron chi connectivity index (χ1n) is 9.49. The predicted molar refractivity (Wildman–Crippen MR) is 111 cm³/mol. The van der Waals surface area contributed by atoms with E-state index in [9.17, 15) is 0 Å². The van der Waals surface area contributed by atoms with Gasteiger partial charge in [0.25, 0.3) is 5.79 Å². The second-order valence-corrected chi connectivity index (χ2v) is 7.85. The number of rotatable bonds is 1. The fraction of sp³-hybridized carbons (Fsp3) is 0.120. The maximum Gasteiger partial charge on any atom is 0.278 e. The van der Waals surface area contributed by atoms with Crippen LogP contribution in [-0.2, 0) is 5.79 Å². The molecule has 0 aliphatic carbocycles. The number of benzene rings is 4. The summed E-state index contributed by atoms with van der Waals surface area (Å²) >= 11 is 6.66. The zero-order chi connectivity index (χ0) is 18.7. The van der Waals surface area contributed by atoms with Crippen LogP contribution >= 0.6 is 11.6 Å². The molecule has 3 heteroatoms. The van der Waals surface area contributed by atoms with Gasteiger partial charge in [0, 0.05) is 44.8 Å². The number of halogens is 1. The second-order valence-electron chi connectivity index (χ2n) is 7.44. The van der Waals surface area contributed by atoms with Crippen molar-refractivity contribution < 1.29 is 9.47 Å². The summed E-state index contributed by atoms with van der Waals surface area (Å²) in [6.07, 6.45) is 0.718. The van der Waals surface area contributed by atoms with Gasteiger partial charge in [0.1, 0.15) is 11.5 Å². The highest BCUT2D eigenvalue weighted by Crippen LogP contribution is 2.56. The predicted octanol–water partition coefficient (Wildman–Crippen LogP) is 6.65. The van der Waals surface area contributed by atoms with Gasteiger partial charge in [-0.15, -0.1) is 0 Å². The van der Waals surface area contributed by atoms with E-state index in [1.165, 1.54) is 5.56 Å². The van der Waals surface area contributed by atoms with E-state index in [0.29, 0.717) is 0 Å². The maximum absolute atomic E-state index is 6.72. The first-order chi connectivity index (χ1) is 13.8. The van der Waals surface area contributed by atoms with Gasteiger partial charge in [0.05, 0.1) is 0 Å². The van der Waals surface area contributed by atoms with Gasteiger partial charge in [-0.3, -0.25) is 0 Å². The molecule has 0 saturated carbocycles. The molecule has 0 radical (unpaired) electrons. The second kappa shape index (κ2) is 5.76. The van der Waals surface area contributed by atoms with Gasteiger partial charge in [-0.05, 0) is 12.1 Å². The van der Waals surface area contributed by atoms with Crippen molar-refractivity contribution in [3.63, 3.8) is 0 Å². The Morgan fingerprint density at radius 1 is 0.750 bits per heavy atom. The minimum atomic E-state index is -0.843. The smallest absolute Gasteiger partial charge is 0.278 e. The molecular formula is C25H17ClO2. The van der Waals surface area contributed by atoms with Crippen molar-refractivity contribution in [2.24, 2.45) is 0 Å². The van der Waals surface area contributed by atoms with E-state index >= 15 is 0 Å². The average molecular weight is 385 g/mol. The van der Waals surface area contributed by atoms with Crippen LogP contribution in [0.2, 0.25) is 5.02 Å². The van der Waals surface area contributed by atoms with Crippen LogP contribution in [0.4, 0.5) is 0 Å². The molecule has 0 fully saturated rings. The number of fused-ring (bicyclic) bond motifs is 8. The van der Waals surface area contributed by atoms with Crippen LogP contribution in [0.15, 0.2) is 84.9 Å². The molecule has 2 heterocycles. The molecule has 0 aromatic heterocycles. The Kier molecular flexibility index (Phi) is 3.30. The lowest BCUT2D eigenvalue weighted by Crippen LogP contribution is -2.46. The minimum Gasteiger partial charge on any atom is -0.448 e. The normalized spacial score (nSPS) is 22.0. The fourth-order valence-electron chi connectivity index (χ4n) is 4.59. The van der Waals surface area contributed by atoms with E-state index in [-0.39, 0.29) is 5.92 Å². The Hall–Kier alpha value is -2.97. The summed E-state index contributed by atoms with van der Waals surface area (Å²) in [5, 5.41) is 2.78. The summed E-state index contributed by atoms with van der Waals surface area (Å²) < 4.78 is 13.3. The molecule has 2 nitrogen and oxygen atoms in total. The Morgan fingerprint density at radius 2 is 1.46 bits per heavy atom. The molecule has 2 bridgehead atoms. The number of para-hydroxylation sites is 1. The van der Waals surface area contributed by atoms with E-state index in [1.54, 1.807) is 0 Å². The molecule has 2 aliphatic heterocycles. The molecule has 0 N–H and O–H groups in total. The lowest BCUT2D eigenvalue weighted by molar-refractivity contribution is -0.147. The Labute approximate surface area is 168 Å². The SMILES string of the molecule is Clc1cc2c(c3ccccc13)O[C@@]1(c3ccccc3)C[C@@H]2c2ccccc2O1. The third-order valence-electron chi connectivity index (χ3n) is 5.87. The maximum atomic E-state index is 6.72. The van der Waals surface area contributed by atoms with E-state index < -0.39 is 5.79 Å². The van der Waals surface area contributed by atoms with Crippen molar-refractivity contribution in [3.8, 4) is 11.5 Å². The molecule has 6 rings (SSSR count). The first-order valence-corrected chi connectivity index (χ1v) is 9.87. The topological polar surface area (TPSA) is 18.5 Å². The Balaban J connectivity index is 1.69. The van der Waals surface area contributed by atoms with Crippen molar-refractivity contribution in [1.82, 2.24) is 0 Å². The molecule has 0 unspecified atom stereocenters. The lowest BCUT2D eigenvalue weighted by Gasteiger charge is -2.46. The van der Waals surface area contributed by atoms with Crippen LogP contribution in [-0.4, -0.2) is 0 Å². The van der Waals surface area contributed by atoms with Crippen molar-refractivity contribution in [1.29, 1.82) is 0 Å². The zero-order valence-electron chi connectivity index (χ0n) is 15.1. The molecule has 0 saturated heterocycles. The van der Waals surface area contributed by atoms with E-state index in [1.807, 2.05) is 48.5 Å². The summed E-state index contributed by atoms with van der Waals surface area (Å²) in [6.45, 7) is 0. The van der Waals surface area contributed by atoms with Gasteiger partial charge in [-0.2, -0.15) is 0 Å². The Morgan fingerprint density at radius 3 is 2.32 bits per heavy atom. The molecule has 4 aromatic carbocycles. The van der Waals surface area contributed by atoms with Crippen molar-refractivity contribution >= 4 is 22.4 Å². The third kappa shape index (κ3) is 2.15. The highest BCUT2D eigenvalue weighted by molar-refractivity contribution is 6.36. The lowest BCUT2D eigenvalue weighted by atomic mass is 9.77. The van der Waals surface area contributed by atoms with Gasteiger partial charge in [-0.1, -0.05) is 84.4 Å². The number of hydrogen-bond donors (Lipinski definition) is 0. The highest BCUT2D eigenvalue weighted by Gasteiger charge is 2.50. The Bertz CT molecular complexity index is 1220. The largest absolute Gasteiger partial charge is 0.448 e. The summed E-state index contributed by atoms with van der Waals surface area (Å²) in [7, 11) is 0. The molecule has 136 valence electrons. The van der Waals surface area contributed by atoms with Crippen LogP contribution in [0.25, 0.3) is 10.8 Å². The van der Waals surface area contributed by atoms with Crippen molar-refractivity contribution in [3.05, 3.63) is 107 Å². The zero-order valence-corrected chi connectivity index (χ0v) is 15.8. The van der Waals surface area contributed by atoms with E-state index in [2.05, 4.69) is 36.4 Å². The van der Waals surface area contributed by atoms with Gasteiger partial charge in [-0.25, -0.2) is 0 Å². The van der Waals surface area contributed by atoms with Gasteiger partial charge in [0.2, 0.25) is 0 Å². The molecule has 28 heavy (non-hydrogen) atoms. The van der Waals surface area contributed by atoms with Crippen molar-refractivity contribution in [2.45, 2.75) is 18.1 Å². The molecule has 4 aromatic rings. The number of ether oxygens (including phenoxy) is 2. The van der Waals surface area contributed by atoms with E-state index in [4.69, 9.17) is 21.1 Å². The van der Waals surface area contributed by atoms with Gasteiger partial charge < -0.3 is 9.47 Å². The monoisotopic (exact) mass is 384 g/mol. The summed E-state index contributed by atoms with van der Waals surface area (Å²) in [6, 6.07) is 28.7. The number of hydrogen-bond acceptors (Lipinski definition) is 2. The molecule has 2 aliphatic rings. The van der Waals surface area contributed by atoms with Gasteiger partial charge >= 0.3 is 0 Å². The average Bonchev–Trinajstić information content (AvgIpc) is 2.75. The van der Waals surface area contributed by atoms with Crippen LogP contribution in [0.1, 0.15) is 29.0 Å². The molecule has 0 spiro atoms.